The molecule has 1 aromatic carbocycles. The zero-order valence-corrected chi connectivity index (χ0v) is 12.0. The van der Waals surface area contributed by atoms with E-state index in [0.717, 1.165) is 11.5 Å². The summed E-state index contributed by atoms with van der Waals surface area (Å²) in [6.45, 7) is 6.12. The molecule has 0 radical (unpaired) electrons. The molecule has 0 bridgehead atoms. The number of rotatable bonds is 3. The molecule has 18 heavy (non-hydrogen) atoms. The molecule has 0 aliphatic heterocycles. The van der Waals surface area contributed by atoms with Crippen molar-refractivity contribution in [2.75, 3.05) is 5.32 Å². The van der Waals surface area contributed by atoms with Crippen molar-refractivity contribution >= 4 is 34.8 Å². The van der Waals surface area contributed by atoms with Crippen molar-refractivity contribution in [3.05, 3.63) is 40.1 Å². The fourth-order valence-corrected chi connectivity index (χ4v) is 2.17. The van der Waals surface area contributed by atoms with Crippen LogP contribution >= 0.6 is 23.2 Å². The Hall–Kier alpha value is -1.19. The zero-order chi connectivity index (χ0) is 13.3. The summed E-state index contributed by atoms with van der Waals surface area (Å²) in [5, 5.41) is 4.41. The Morgan fingerprint density at radius 1 is 1.28 bits per heavy atom. The molecule has 0 saturated carbocycles. The van der Waals surface area contributed by atoms with Gasteiger partial charge in [-0.2, -0.15) is 0 Å². The molecule has 2 rings (SSSR count). The average molecular weight is 284 g/mol. The minimum absolute atomic E-state index is 0.317. The molecule has 3 nitrogen and oxygen atoms in total. The van der Waals surface area contributed by atoms with Crippen molar-refractivity contribution in [3.8, 4) is 0 Å². The van der Waals surface area contributed by atoms with Crippen molar-refractivity contribution in [1.82, 2.24) is 9.55 Å². The zero-order valence-electron chi connectivity index (χ0n) is 10.5. The molecule has 0 amide bonds. The second kappa shape index (κ2) is 5.21. The Bertz CT molecular complexity index is 561. The van der Waals surface area contributed by atoms with Crippen molar-refractivity contribution in [1.29, 1.82) is 0 Å². The lowest BCUT2D eigenvalue weighted by molar-refractivity contribution is 0.608. The number of hydrogen-bond acceptors (Lipinski definition) is 2. The predicted molar refractivity (Wildman–Crippen MR) is 77.1 cm³/mol. The van der Waals surface area contributed by atoms with E-state index in [4.69, 9.17) is 23.2 Å². The summed E-state index contributed by atoms with van der Waals surface area (Å²) in [6.07, 6.45) is 3.67. The third kappa shape index (κ3) is 2.47. The highest BCUT2D eigenvalue weighted by Gasteiger charge is 2.12. The molecule has 1 N–H and O–H groups in total. The van der Waals surface area contributed by atoms with Crippen LogP contribution in [0.2, 0.25) is 10.0 Å². The summed E-state index contributed by atoms with van der Waals surface area (Å²) in [4.78, 5) is 4.28. The van der Waals surface area contributed by atoms with Gasteiger partial charge in [0.1, 0.15) is 0 Å². The lowest BCUT2D eigenvalue weighted by Gasteiger charge is -2.15. The summed E-state index contributed by atoms with van der Waals surface area (Å²) in [7, 11) is 0. The van der Waals surface area contributed by atoms with E-state index >= 15 is 0 Å². The maximum atomic E-state index is 6.26. The first-order valence-electron chi connectivity index (χ1n) is 5.75. The topological polar surface area (TPSA) is 29.9 Å². The second-order valence-corrected chi connectivity index (χ2v) is 5.22. The molecule has 1 aromatic heterocycles. The highest BCUT2D eigenvalue weighted by Crippen LogP contribution is 2.35. The van der Waals surface area contributed by atoms with Crippen LogP contribution in [0, 0.1) is 6.92 Å². The van der Waals surface area contributed by atoms with Gasteiger partial charge >= 0.3 is 0 Å². The van der Waals surface area contributed by atoms with Crippen LogP contribution in [0.4, 0.5) is 11.6 Å². The summed E-state index contributed by atoms with van der Waals surface area (Å²) in [5.74, 6) is 0.736. The van der Waals surface area contributed by atoms with Crippen molar-refractivity contribution in [3.63, 3.8) is 0 Å². The third-order valence-electron chi connectivity index (χ3n) is 2.75. The Labute approximate surface area is 117 Å². The molecule has 5 heteroatoms. The molecule has 0 atom stereocenters. The van der Waals surface area contributed by atoms with Gasteiger partial charge in [0.15, 0.2) is 0 Å². The predicted octanol–water partition coefficient (Wildman–Crippen LogP) is 4.82. The summed E-state index contributed by atoms with van der Waals surface area (Å²) in [5.41, 5.74) is 1.68. The highest BCUT2D eigenvalue weighted by molar-refractivity contribution is 6.39. The quantitative estimate of drug-likeness (QED) is 0.875. The molecule has 0 saturated heterocycles. The molecular weight excluding hydrogens is 269 g/mol. The number of anilines is 2. The number of halogens is 2. The van der Waals surface area contributed by atoms with Crippen molar-refractivity contribution in [2.45, 2.75) is 26.8 Å². The van der Waals surface area contributed by atoms with Gasteiger partial charge < -0.3 is 9.88 Å². The lowest BCUT2D eigenvalue weighted by Crippen LogP contribution is -2.06. The van der Waals surface area contributed by atoms with Gasteiger partial charge in [0.2, 0.25) is 5.95 Å². The fraction of sp³-hybridized carbons (Fsp3) is 0.308. The molecule has 0 aliphatic carbocycles. The minimum atomic E-state index is 0.317. The van der Waals surface area contributed by atoms with Gasteiger partial charge in [0.25, 0.3) is 0 Å². The Kier molecular flexibility index (Phi) is 3.83. The van der Waals surface area contributed by atoms with E-state index in [-0.39, 0.29) is 0 Å². The Morgan fingerprint density at radius 2 is 2.00 bits per heavy atom. The lowest BCUT2D eigenvalue weighted by atomic mass is 10.2. The summed E-state index contributed by atoms with van der Waals surface area (Å²) in [6, 6.07) is 4.04. The first kappa shape index (κ1) is 13.2. The molecule has 0 spiro atoms. The van der Waals surface area contributed by atoms with Gasteiger partial charge in [-0.05, 0) is 32.4 Å². The van der Waals surface area contributed by atoms with Crippen LogP contribution in [-0.4, -0.2) is 9.55 Å². The van der Waals surface area contributed by atoms with E-state index in [2.05, 4.69) is 24.1 Å². The van der Waals surface area contributed by atoms with Crippen LogP contribution in [0.3, 0.4) is 0 Å². The maximum absolute atomic E-state index is 6.26. The van der Waals surface area contributed by atoms with Crippen LogP contribution in [0.25, 0.3) is 0 Å². The highest BCUT2D eigenvalue weighted by atomic mass is 35.5. The number of nitrogens with one attached hydrogen (secondary N) is 1. The van der Waals surface area contributed by atoms with E-state index in [9.17, 15) is 0 Å². The second-order valence-electron chi connectivity index (χ2n) is 4.43. The van der Waals surface area contributed by atoms with Gasteiger partial charge in [-0.3, -0.25) is 0 Å². The number of benzene rings is 1. The molecule has 0 fully saturated rings. The smallest absolute Gasteiger partial charge is 0.207 e. The first-order valence-corrected chi connectivity index (χ1v) is 6.50. The molecule has 0 unspecified atom stereocenters. The number of hydrogen-bond donors (Lipinski definition) is 1. The van der Waals surface area contributed by atoms with E-state index in [0.29, 0.717) is 21.8 Å². The summed E-state index contributed by atoms with van der Waals surface area (Å²) >= 11 is 12.4. The van der Waals surface area contributed by atoms with Crippen LogP contribution < -0.4 is 5.32 Å². The standard InChI is InChI=1S/C13H15Cl2N3/c1-8(2)18-7-6-16-13(18)17-12-10(14)5-4-9(3)11(12)15/h4-8H,1-3H3,(H,16,17). The first-order chi connectivity index (χ1) is 8.50. The van der Waals surface area contributed by atoms with Gasteiger partial charge in [0.05, 0.1) is 15.7 Å². The number of imidazole rings is 1. The monoisotopic (exact) mass is 283 g/mol. The SMILES string of the molecule is Cc1ccc(Cl)c(Nc2nccn2C(C)C)c1Cl. The van der Waals surface area contributed by atoms with Gasteiger partial charge in [-0.25, -0.2) is 4.98 Å². The van der Waals surface area contributed by atoms with Gasteiger partial charge in [0, 0.05) is 18.4 Å². The van der Waals surface area contributed by atoms with E-state index in [1.54, 1.807) is 6.20 Å². The van der Waals surface area contributed by atoms with E-state index in [1.165, 1.54) is 0 Å². The van der Waals surface area contributed by atoms with Gasteiger partial charge in [-0.15, -0.1) is 0 Å². The number of nitrogens with zero attached hydrogens (tertiary/aromatic N) is 2. The van der Waals surface area contributed by atoms with Crippen LogP contribution in [0.15, 0.2) is 24.5 Å². The molecule has 1 heterocycles. The Balaban J connectivity index is 2.40. The van der Waals surface area contributed by atoms with Crippen LogP contribution in [0.5, 0.6) is 0 Å². The van der Waals surface area contributed by atoms with E-state index in [1.807, 2.05) is 29.8 Å². The van der Waals surface area contributed by atoms with Crippen molar-refractivity contribution in [2.24, 2.45) is 0 Å². The normalized spacial score (nSPS) is 11.0. The third-order valence-corrected chi connectivity index (χ3v) is 3.55. The molecule has 96 valence electrons. The van der Waals surface area contributed by atoms with Crippen LogP contribution in [-0.2, 0) is 0 Å². The number of aromatic nitrogens is 2. The maximum Gasteiger partial charge on any atom is 0.207 e. The minimum Gasteiger partial charge on any atom is -0.323 e. The van der Waals surface area contributed by atoms with E-state index < -0.39 is 0 Å². The van der Waals surface area contributed by atoms with Gasteiger partial charge in [-0.1, -0.05) is 29.3 Å². The Morgan fingerprint density at radius 3 is 2.67 bits per heavy atom. The number of aryl methyl sites for hydroxylation is 1. The molecule has 0 aliphatic rings. The average Bonchev–Trinajstić information content (AvgIpc) is 2.78. The molecule has 2 aromatic rings. The molecular formula is C13H15Cl2N3. The summed E-state index contributed by atoms with van der Waals surface area (Å²) < 4.78 is 2.02. The van der Waals surface area contributed by atoms with Crippen LogP contribution in [0.1, 0.15) is 25.5 Å². The fourth-order valence-electron chi connectivity index (χ4n) is 1.71. The van der Waals surface area contributed by atoms with Crippen molar-refractivity contribution < 1.29 is 0 Å². The largest absolute Gasteiger partial charge is 0.323 e.